The Bertz CT molecular complexity index is 394. The van der Waals surface area contributed by atoms with Gasteiger partial charge in [-0.15, -0.1) is 0 Å². The largest absolute Gasteiger partial charge is 0.492 e. The monoisotopic (exact) mass is 255 g/mol. The lowest BCUT2D eigenvalue weighted by Gasteiger charge is -2.24. The molecule has 18 heavy (non-hydrogen) atoms. The van der Waals surface area contributed by atoms with Crippen LogP contribution in [0.2, 0.25) is 0 Å². The van der Waals surface area contributed by atoms with Crippen molar-refractivity contribution in [2.45, 2.75) is 25.8 Å². The zero-order valence-corrected chi connectivity index (χ0v) is 10.6. The van der Waals surface area contributed by atoms with Crippen molar-refractivity contribution < 1.29 is 19.0 Å². The summed E-state index contributed by atoms with van der Waals surface area (Å²) in [5, 5.41) is 12.0. The fourth-order valence-electron chi connectivity index (χ4n) is 1.38. The Labute approximate surface area is 106 Å². The lowest BCUT2D eigenvalue weighted by atomic mass is 9.99. The first-order valence-corrected chi connectivity index (χ1v) is 5.85. The summed E-state index contributed by atoms with van der Waals surface area (Å²) in [6.45, 7) is 4.18. The van der Waals surface area contributed by atoms with Gasteiger partial charge in [0.05, 0.1) is 0 Å². The first kappa shape index (κ1) is 14.4. The van der Waals surface area contributed by atoms with Gasteiger partial charge in [0.15, 0.2) is 0 Å². The normalized spacial score (nSPS) is 13.9. The van der Waals surface area contributed by atoms with Crippen LogP contribution in [0.3, 0.4) is 0 Å². The van der Waals surface area contributed by atoms with Crippen molar-refractivity contribution in [3.8, 4) is 5.75 Å². The lowest BCUT2D eigenvalue weighted by molar-refractivity contribution is -0.144. The van der Waals surface area contributed by atoms with E-state index in [0.29, 0.717) is 25.3 Å². The molecule has 0 bridgehead atoms. The van der Waals surface area contributed by atoms with E-state index in [1.165, 1.54) is 24.3 Å². The van der Waals surface area contributed by atoms with Crippen LogP contribution in [0, 0.1) is 5.82 Å². The number of rotatable bonds is 7. The van der Waals surface area contributed by atoms with Crippen LogP contribution in [0.25, 0.3) is 0 Å². The smallest absolute Gasteiger partial charge is 0.323 e. The zero-order chi connectivity index (χ0) is 13.6. The molecule has 1 rings (SSSR count). The molecule has 1 aromatic rings. The fourth-order valence-corrected chi connectivity index (χ4v) is 1.38. The average molecular weight is 255 g/mol. The van der Waals surface area contributed by atoms with E-state index in [4.69, 9.17) is 9.84 Å². The van der Waals surface area contributed by atoms with Crippen molar-refractivity contribution in [1.29, 1.82) is 0 Å². The van der Waals surface area contributed by atoms with Gasteiger partial charge in [-0.05, 0) is 37.6 Å². The topological polar surface area (TPSA) is 58.6 Å². The quantitative estimate of drug-likeness (QED) is 0.732. The van der Waals surface area contributed by atoms with Crippen LogP contribution in [0.1, 0.15) is 20.3 Å². The highest BCUT2D eigenvalue weighted by atomic mass is 19.1. The molecule has 0 saturated carbocycles. The molecule has 0 saturated heterocycles. The molecule has 0 aliphatic heterocycles. The summed E-state index contributed by atoms with van der Waals surface area (Å²) in [6, 6.07) is 5.70. The molecule has 4 nitrogen and oxygen atoms in total. The number of hydrogen-bond donors (Lipinski definition) is 2. The number of ether oxygens (including phenoxy) is 1. The predicted octanol–water partition coefficient (Wildman–Crippen LogP) is 2.05. The number of aliphatic carboxylic acids is 1. The molecule has 0 amide bonds. The molecular weight excluding hydrogens is 237 g/mol. The summed E-state index contributed by atoms with van der Waals surface area (Å²) in [5.74, 6) is -0.636. The van der Waals surface area contributed by atoms with E-state index in [0.717, 1.165) is 0 Å². The van der Waals surface area contributed by atoms with E-state index in [2.05, 4.69) is 5.32 Å². The third-order valence-electron chi connectivity index (χ3n) is 2.88. The maximum absolute atomic E-state index is 12.6. The Morgan fingerprint density at radius 3 is 2.56 bits per heavy atom. The lowest BCUT2D eigenvalue weighted by Crippen LogP contribution is -2.50. The Kier molecular flexibility index (Phi) is 5.09. The van der Waals surface area contributed by atoms with Gasteiger partial charge in [-0.2, -0.15) is 0 Å². The van der Waals surface area contributed by atoms with Crippen LogP contribution in [0.4, 0.5) is 4.39 Å². The molecule has 0 aliphatic carbocycles. The van der Waals surface area contributed by atoms with Crippen LogP contribution < -0.4 is 10.1 Å². The molecule has 0 fully saturated rings. The van der Waals surface area contributed by atoms with Gasteiger partial charge in [0, 0.05) is 6.54 Å². The second-order valence-corrected chi connectivity index (χ2v) is 4.22. The van der Waals surface area contributed by atoms with Crippen molar-refractivity contribution in [3.63, 3.8) is 0 Å². The van der Waals surface area contributed by atoms with Crippen molar-refractivity contribution >= 4 is 5.97 Å². The number of carboxylic acids is 1. The Hall–Kier alpha value is -1.62. The summed E-state index contributed by atoms with van der Waals surface area (Å²) in [7, 11) is 0. The van der Waals surface area contributed by atoms with Crippen LogP contribution >= 0.6 is 0 Å². The van der Waals surface area contributed by atoms with Gasteiger partial charge in [0.1, 0.15) is 23.7 Å². The highest BCUT2D eigenvalue weighted by molar-refractivity contribution is 5.78. The Balaban J connectivity index is 2.34. The molecule has 2 N–H and O–H groups in total. The van der Waals surface area contributed by atoms with E-state index < -0.39 is 11.5 Å². The van der Waals surface area contributed by atoms with Crippen LogP contribution in [0.5, 0.6) is 5.75 Å². The van der Waals surface area contributed by atoms with Gasteiger partial charge in [-0.1, -0.05) is 6.92 Å². The van der Waals surface area contributed by atoms with E-state index >= 15 is 0 Å². The van der Waals surface area contributed by atoms with Gasteiger partial charge in [-0.25, -0.2) is 4.39 Å². The molecule has 0 radical (unpaired) electrons. The fraction of sp³-hybridized carbons (Fsp3) is 0.462. The third-order valence-corrected chi connectivity index (χ3v) is 2.88. The molecule has 5 heteroatoms. The molecule has 0 aliphatic rings. The molecule has 100 valence electrons. The molecule has 1 aromatic carbocycles. The van der Waals surface area contributed by atoms with Crippen molar-refractivity contribution in [1.82, 2.24) is 5.32 Å². The molecule has 0 heterocycles. The summed E-state index contributed by atoms with van der Waals surface area (Å²) in [6.07, 6.45) is 0.485. The summed E-state index contributed by atoms with van der Waals surface area (Å²) in [5.41, 5.74) is -0.938. The zero-order valence-electron chi connectivity index (χ0n) is 10.6. The summed E-state index contributed by atoms with van der Waals surface area (Å²) in [4.78, 5) is 11.0. The van der Waals surface area contributed by atoms with Crippen LogP contribution in [-0.2, 0) is 4.79 Å². The molecule has 0 spiro atoms. The number of carboxylic acid groups (broad SMARTS) is 1. The maximum atomic E-state index is 12.6. The minimum Gasteiger partial charge on any atom is -0.492 e. The van der Waals surface area contributed by atoms with E-state index in [1.807, 2.05) is 6.92 Å². The predicted molar refractivity (Wildman–Crippen MR) is 66.2 cm³/mol. The Morgan fingerprint density at radius 2 is 2.06 bits per heavy atom. The van der Waals surface area contributed by atoms with Gasteiger partial charge >= 0.3 is 5.97 Å². The van der Waals surface area contributed by atoms with E-state index in [1.54, 1.807) is 6.92 Å². The minimum atomic E-state index is -0.938. The number of benzene rings is 1. The highest BCUT2D eigenvalue weighted by Gasteiger charge is 2.29. The second kappa shape index (κ2) is 6.35. The van der Waals surface area contributed by atoms with Crippen molar-refractivity contribution in [2.24, 2.45) is 0 Å². The van der Waals surface area contributed by atoms with Gasteiger partial charge in [0.25, 0.3) is 0 Å². The van der Waals surface area contributed by atoms with E-state index in [-0.39, 0.29) is 5.82 Å². The van der Waals surface area contributed by atoms with Gasteiger partial charge < -0.3 is 9.84 Å². The number of nitrogens with one attached hydrogen (secondary N) is 1. The Morgan fingerprint density at radius 1 is 1.44 bits per heavy atom. The maximum Gasteiger partial charge on any atom is 0.323 e. The minimum absolute atomic E-state index is 0.315. The third kappa shape index (κ3) is 4.00. The molecule has 1 atom stereocenters. The number of carbonyl (C=O) groups is 1. The highest BCUT2D eigenvalue weighted by Crippen LogP contribution is 2.11. The molecular formula is C13H18FNO3. The van der Waals surface area contributed by atoms with Gasteiger partial charge in [0.2, 0.25) is 0 Å². The summed E-state index contributed by atoms with van der Waals surface area (Å²) < 4.78 is 18.0. The van der Waals surface area contributed by atoms with Gasteiger partial charge in [-0.3, -0.25) is 10.1 Å². The first-order chi connectivity index (χ1) is 8.48. The van der Waals surface area contributed by atoms with Crippen LogP contribution in [-0.4, -0.2) is 29.8 Å². The standard InChI is InChI=1S/C13H18FNO3/c1-3-13(2,12(16)17)15-8-9-18-11-6-4-10(14)5-7-11/h4-7,15H,3,8-9H2,1-2H3,(H,16,17). The second-order valence-electron chi connectivity index (χ2n) is 4.22. The van der Waals surface area contributed by atoms with E-state index in [9.17, 15) is 9.18 Å². The SMILES string of the molecule is CCC(C)(NCCOc1ccc(F)cc1)C(=O)O. The average Bonchev–Trinajstić information content (AvgIpc) is 2.36. The first-order valence-electron chi connectivity index (χ1n) is 5.85. The molecule has 1 unspecified atom stereocenters. The van der Waals surface area contributed by atoms with Crippen molar-refractivity contribution in [3.05, 3.63) is 30.1 Å². The van der Waals surface area contributed by atoms with Crippen molar-refractivity contribution in [2.75, 3.05) is 13.2 Å². The molecule has 0 aromatic heterocycles. The van der Waals surface area contributed by atoms with Crippen LogP contribution in [0.15, 0.2) is 24.3 Å². The number of halogens is 1. The summed E-state index contributed by atoms with van der Waals surface area (Å²) >= 11 is 0. The number of hydrogen-bond acceptors (Lipinski definition) is 3.